The molecular formula is C13H18N2O3. The van der Waals surface area contributed by atoms with E-state index in [1.807, 2.05) is 24.3 Å². The van der Waals surface area contributed by atoms with E-state index >= 15 is 0 Å². The molecule has 18 heavy (non-hydrogen) atoms. The molecule has 5 nitrogen and oxygen atoms in total. The Kier molecular flexibility index (Phi) is 4.04. The molecule has 2 N–H and O–H groups in total. The Morgan fingerprint density at radius 2 is 2.22 bits per heavy atom. The van der Waals surface area contributed by atoms with Crippen molar-refractivity contribution in [3.63, 3.8) is 0 Å². The Labute approximate surface area is 106 Å². The van der Waals surface area contributed by atoms with Gasteiger partial charge in [-0.05, 0) is 24.6 Å². The SMILES string of the molecule is COc1ccc([C@H](C)NC[C@H]2CNC(=O)O2)cc1. The highest BCUT2D eigenvalue weighted by Gasteiger charge is 2.22. The second kappa shape index (κ2) is 5.73. The van der Waals surface area contributed by atoms with Crippen molar-refractivity contribution in [1.29, 1.82) is 0 Å². The van der Waals surface area contributed by atoms with Crippen molar-refractivity contribution in [3.05, 3.63) is 29.8 Å². The van der Waals surface area contributed by atoms with E-state index in [-0.39, 0.29) is 18.2 Å². The highest BCUT2D eigenvalue weighted by molar-refractivity contribution is 5.69. The smallest absolute Gasteiger partial charge is 0.407 e. The number of carbonyl (C=O) groups excluding carboxylic acids is 1. The van der Waals surface area contributed by atoms with Crippen LogP contribution in [0.1, 0.15) is 18.5 Å². The van der Waals surface area contributed by atoms with Gasteiger partial charge in [0.2, 0.25) is 0 Å². The molecule has 1 aliphatic heterocycles. The fourth-order valence-electron chi connectivity index (χ4n) is 1.86. The van der Waals surface area contributed by atoms with Crippen LogP contribution in [0, 0.1) is 0 Å². The van der Waals surface area contributed by atoms with Crippen molar-refractivity contribution < 1.29 is 14.3 Å². The number of alkyl carbamates (subject to hydrolysis) is 1. The molecule has 2 rings (SSSR count). The van der Waals surface area contributed by atoms with Crippen LogP contribution in [0.25, 0.3) is 0 Å². The molecule has 1 aliphatic rings. The van der Waals surface area contributed by atoms with Gasteiger partial charge >= 0.3 is 6.09 Å². The number of methoxy groups -OCH3 is 1. The highest BCUT2D eigenvalue weighted by atomic mass is 16.6. The van der Waals surface area contributed by atoms with Crippen LogP contribution in [0.3, 0.4) is 0 Å². The molecule has 1 heterocycles. The molecule has 0 radical (unpaired) electrons. The summed E-state index contributed by atoms with van der Waals surface area (Å²) in [6, 6.07) is 8.12. The largest absolute Gasteiger partial charge is 0.497 e. The van der Waals surface area contributed by atoms with Gasteiger partial charge in [0.05, 0.1) is 13.7 Å². The second-order valence-electron chi connectivity index (χ2n) is 4.31. The van der Waals surface area contributed by atoms with Crippen LogP contribution in [-0.2, 0) is 4.74 Å². The van der Waals surface area contributed by atoms with E-state index in [4.69, 9.17) is 9.47 Å². The molecule has 1 fully saturated rings. The molecular weight excluding hydrogens is 232 g/mol. The number of nitrogens with one attached hydrogen (secondary N) is 2. The molecule has 0 aromatic heterocycles. The summed E-state index contributed by atoms with van der Waals surface area (Å²) in [5.74, 6) is 0.847. The van der Waals surface area contributed by atoms with Crippen LogP contribution in [0.2, 0.25) is 0 Å². The van der Waals surface area contributed by atoms with E-state index in [9.17, 15) is 4.79 Å². The van der Waals surface area contributed by atoms with E-state index in [0.29, 0.717) is 13.1 Å². The van der Waals surface area contributed by atoms with Crippen molar-refractivity contribution in [2.45, 2.75) is 19.1 Å². The Bertz CT molecular complexity index is 405. The van der Waals surface area contributed by atoms with Crippen LogP contribution >= 0.6 is 0 Å². The Morgan fingerprint density at radius 1 is 1.50 bits per heavy atom. The van der Waals surface area contributed by atoms with Gasteiger partial charge in [0.25, 0.3) is 0 Å². The first-order valence-electron chi connectivity index (χ1n) is 6.01. The molecule has 1 aromatic carbocycles. The summed E-state index contributed by atoms with van der Waals surface area (Å²) in [6.45, 7) is 3.29. The fraction of sp³-hybridized carbons (Fsp3) is 0.462. The Balaban J connectivity index is 1.83. The third-order valence-electron chi connectivity index (χ3n) is 3.02. The predicted molar refractivity (Wildman–Crippen MR) is 67.7 cm³/mol. The van der Waals surface area contributed by atoms with Crippen molar-refractivity contribution in [2.75, 3.05) is 20.2 Å². The van der Waals surface area contributed by atoms with E-state index < -0.39 is 0 Å². The average Bonchev–Trinajstić information content (AvgIpc) is 2.82. The molecule has 1 aromatic rings. The quantitative estimate of drug-likeness (QED) is 0.830. The second-order valence-corrected chi connectivity index (χ2v) is 4.31. The van der Waals surface area contributed by atoms with Gasteiger partial charge in [0.15, 0.2) is 0 Å². The minimum absolute atomic E-state index is 0.0850. The number of benzene rings is 1. The standard InChI is InChI=1S/C13H18N2O3/c1-9(10-3-5-11(17-2)6-4-10)14-7-12-8-15-13(16)18-12/h3-6,9,12,14H,7-8H2,1-2H3,(H,15,16)/t9-,12-/m0/s1. The minimum atomic E-state index is -0.334. The zero-order valence-corrected chi connectivity index (χ0v) is 10.6. The summed E-state index contributed by atoms with van der Waals surface area (Å²) in [5, 5.41) is 5.97. The first kappa shape index (κ1) is 12.7. The van der Waals surface area contributed by atoms with Gasteiger partial charge in [-0.15, -0.1) is 0 Å². The van der Waals surface area contributed by atoms with Crippen LogP contribution in [0.15, 0.2) is 24.3 Å². The van der Waals surface area contributed by atoms with Crippen LogP contribution in [0.4, 0.5) is 4.79 Å². The zero-order valence-electron chi connectivity index (χ0n) is 10.6. The lowest BCUT2D eigenvalue weighted by Crippen LogP contribution is -2.31. The molecule has 0 aliphatic carbocycles. The van der Waals surface area contributed by atoms with Crippen LogP contribution < -0.4 is 15.4 Å². The van der Waals surface area contributed by atoms with Crippen molar-refractivity contribution >= 4 is 6.09 Å². The molecule has 0 saturated carbocycles. The van der Waals surface area contributed by atoms with Gasteiger partial charge < -0.3 is 20.1 Å². The van der Waals surface area contributed by atoms with Gasteiger partial charge in [-0.3, -0.25) is 0 Å². The average molecular weight is 250 g/mol. The van der Waals surface area contributed by atoms with Crippen molar-refractivity contribution in [1.82, 2.24) is 10.6 Å². The van der Waals surface area contributed by atoms with E-state index in [0.717, 1.165) is 5.75 Å². The van der Waals surface area contributed by atoms with Gasteiger partial charge in [0, 0.05) is 12.6 Å². The monoisotopic (exact) mass is 250 g/mol. The third kappa shape index (κ3) is 3.13. The molecule has 1 saturated heterocycles. The highest BCUT2D eigenvalue weighted by Crippen LogP contribution is 2.17. The molecule has 0 bridgehead atoms. The Hall–Kier alpha value is -1.75. The lowest BCUT2D eigenvalue weighted by molar-refractivity contribution is 0.137. The summed E-state index contributed by atoms with van der Waals surface area (Å²) in [7, 11) is 1.65. The maximum Gasteiger partial charge on any atom is 0.407 e. The number of amides is 1. The summed E-state index contributed by atoms with van der Waals surface area (Å²) in [4.78, 5) is 10.9. The first-order valence-corrected chi connectivity index (χ1v) is 6.01. The summed E-state index contributed by atoms with van der Waals surface area (Å²) >= 11 is 0. The number of hydrogen-bond acceptors (Lipinski definition) is 4. The number of cyclic esters (lactones) is 1. The van der Waals surface area contributed by atoms with E-state index in [1.54, 1.807) is 7.11 Å². The first-order chi connectivity index (χ1) is 8.69. The maximum atomic E-state index is 10.9. The lowest BCUT2D eigenvalue weighted by Gasteiger charge is -2.16. The third-order valence-corrected chi connectivity index (χ3v) is 3.02. The number of ether oxygens (including phenoxy) is 2. The van der Waals surface area contributed by atoms with E-state index in [2.05, 4.69) is 17.6 Å². The van der Waals surface area contributed by atoms with Crippen molar-refractivity contribution in [3.8, 4) is 5.75 Å². The van der Waals surface area contributed by atoms with Gasteiger partial charge in [-0.2, -0.15) is 0 Å². The van der Waals surface area contributed by atoms with Crippen molar-refractivity contribution in [2.24, 2.45) is 0 Å². The molecule has 0 unspecified atom stereocenters. The normalized spacial score (nSPS) is 20.1. The minimum Gasteiger partial charge on any atom is -0.497 e. The molecule has 2 atom stereocenters. The zero-order chi connectivity index (χ0) is 13.0. The maximum absolute atomic E-state index is 10.9. The fourth-order valence-corrected chi connectivity index (χ4v) is 1.86. The molecule has 0 spiro atoms. The Morgan fingerprint density at radius 3 is 2.78 bits per heavy atom. The van der Waals surface area contributed by atoms with E-state index in [1.165, 1.54) is 5.56 Å². The van der Waals surface area contributed by atoms with Gasteiger partial charge in [0.1, 0.15) is 11.9 Å². The van der Waals surface area contributed by atoms with Gasteiger partial charge in [-0.25, -0.2) is 4.79 Å². The lowest BCUT2D eigenvalue weighted by atomic mass is 10.1. The summed E-state index contributed by atoms with van der Waals surface area (Å²) in [5.41, 5.74) is 1.17. The summed E-state index contributed by atoms with van der Waals surface area (Å²) in [6.07, 6.45) is -0.419. The molecule has 98 valence electrons. The molecule has 1 amide bonds. The van der Waals surface area contributed by atoms with Gasteiger partial charge in [-0.1, -0.05) is 12.1 Å². The van der Waals surface area contributed by atoms with Crippen LogP contribution in [-0.4, -0.2) is 32.4 Å². The number of rotatable bonds is 5. The topological polar surface area (TPSA) is 59.6 Å². The van der Waals surface area contributed by atoms with Crippen LogP contribution in [0.5, 0.6) is 5.75 Å². The number of carbonyl (C=O) groups is 1. The summed E-state index contributed by atoms with van der Waals surface area (Å²) < 4.78 is 10.2. The number of hydrogen-bond donors (Lipinski definition) is 2. The predicted octanol–water partition coefficient (Wildman–Crippen LogP) is 1.45. The molecule has 5 heteroatoms.